The van der Waals surface area contributed by atoms with Gasteiger partial charge in [-0.1, -0.05) is 12.1 Å². The molecule has 0 unspecified atom stereocenters. The van der Waals surface area contributed by atoms with Crippen molar-refractivity contribution in [2.24, 2.45) is 0 Å². The summed E-state index contributed by atoms with van der Waals surface area (Å²) in [6.07, 6.45) is 0. The van der Waals surface area contributed by atoms with Crippen molar-refractivity contribution in [2.75, 3.05) is 5.88 Å². The van der Waals surface area contributed by atoms with Gasteiger partial charge in [-0.3, -0.25) is 0 Å². The summed E-state index contributed by atoms with van der Waals surface area (Å²) in [5.74, 6) is 1.46. The van der Waals surface area contributed by atoms with E-state index < -0.39 is 0 Å². The number of hydrogen-bond acceptors (Lipinski definition) is 1. The first kappa shape index (κ1) is 12.4. The molecule has 0 aliphatic carbocycles. The largest absolute Gasteiger partial charge is 0.486 e. The van der Waals surface area contributed by atoms with Crippen LogP contribution in [0.15, 0.2) is 12.1 Å². The Morgan fingerprint density at radius 2 is 1.67 bits per heavy atom. The minimum Gasteiger partial charge on any atom is -0.486 e. The van der Waals surface area contributed by atoms with Gasteiger partial charge >= 0.3 is 0 Å². The summed E-state index contributed by atoms with van der Waals surface area (Å²) >= 11 is 5.86. The van der Waals surface area contributed by atoms with Gasteiger partial charge in [0.2, 0.25) is 0 Å². The molecule has 0 fully saturated rings. The van der Waals surface area contributed by atoms with Crippen LogP contribution in [-0.2, 0) is 0 Å². The Bertz CT molecular complexity index is 356. The smallest absolute Gasteiger partial charge is 0.126 e. The minimum absolute atomic E-state index is 0.315. The molecule has 0 heterocycles. The molecular formula is C13H19ClO. The van der Waals surface area contributed by atoms with Gasteiger partial charge in [0.25, 0.3) is 0 Å². The zero-order chi connectivity index (χ0) is 11.6. The topological polar surface area (TPSA) is 9.23 Å². The predicted octanol–water partition coefficient (Wildman–Crippen LogP) is 4.01. The van der Waals surface area contributed by atoms with Crippen molar-refractivity contribution in [3.63, 3.8) is 0 Å². The van der Waals surface area contributed by atoms with Gasteiger partial charge in [-0.05, 0) is 51.3 Å². The molecule has 0 aliphatic rings. The maximum atomic E-state index is 5.96. The van der Waals surface area contributed by atoms with Crippen LogP contribution in [0.25, 0.3) is 0 Å². The Labute approximate surface area is 97.4 Å². The number of aryl methyl sites for hydroxylation is 2. The van der Waals surface area contributed by atoms with Crippen LogP contribution < -0.4 is 4.74 Å². The van der Waals surface area contributed by atoms with E-state index in [1.165, 1.54) is 11.1 Å². The second kappa shape index (κ2) is 4.44. The lowest BCUT2D eigenvalue weighted by molar-refractivity contribution is 0.132. The number of rotatable bonds is 3. The second-order valence-electron chi connectivity index (χ2n) is 4.65. The molecule has 1 aromatic carbocycles. The third-order valence-electron chi connectivity index (χ3n) is 2.57. The van der Waals surface area contributed by atoms with E-state index in [9.17, 15) is 0 Å². The third kappa shape index (κ3) is 2.88. The van der Waals surface area contributed by atoms with Crippen LogP contribution in [0.4, 0.5) is 0 Å². The Morgan fingerprint density at radius 3 is 2.20 bits per heavy atom. The van der Waals surface area contributed by atoms with Crippen LogP contribution in [0.1, 0.15) is 30.5 Å². The van der Waals surface area contributed by atoms with Gasteiger partial charge in [0.05, 0.1) is 5.88 Å². The van der Waals surface area contributed by atoms with Gasteiger partial charge in [-0.2, -0.15) is 0 Å². The van der Waals surface area contributed by atoms with E-state index in [4.69, 9.17) is 16.3 Å². The van der Waals surface area contributed by atoms with Gasteiger partial charge < -0.3 is 4.74 Å². The average molecular weight is 227 g/mol. The molecule has 0 aliphatic heterocycles. The SMILES string of the molecule is Cc1ccc(C)c(OC(C)(C)CCl)c1C. The fourth-order valence-corrected chi connectivity index (χ4v) is 1.44. The van der Waals surface area contributed by atoms with Crippen LogP contribution in [0.5, 0.6) is 5.75 Å². The average Bonchev–Trinajstić information content (AvgIpc) is 2.19. The molecule has 0 saturated heterocycles. The summed E-state index contributed by atoms with van der Waals surface area (Å²) in [5.41, 5.74) is 3.30. The van der Waals surface area contributed by atoms with Crippen LogP contribution >= 0.6 is 11.6 Å². The van der Waals surface area contributed by atoms with E-state index in [-0.39, 0.29) is 5.60 Å². The van der Waals surface area contributed by atoms with Crippen LogP contribution in [0.2, 0.25) is 0 Å². The third-order valence-corrected chi connectivity index (χ3v) is 3.22. The Kier molecular flexibility index (Phi) is 3.67. The summed E-state index contributed by atoms with van der Waals surface area (Å²) in [4.78, 5) is 0. The number of ether oxygens (including phenoxy) is 1. The normalized spacial score (nSPS) is 11.6. The van der Waals surface area contributed by atoms with Crippen molar-refractivity contribution >= 4 is 11.6 Å². The molecule has 0 radical (unpaired) electrons. The van der Waals surface area contributed by atoms with E-state index >= 15 is 0 Å². The number of alkyl halides is 1. The fraction of sp³-hybridized carbons (Fsp3) is 0.538. The van der Waals surface area contributed by atoms with Crippen molar-refractivity contribution in [1.29, 1.82) is 0 Å². The first-order valence-corrected chi connectivity index (χ1v) is 5.72. The van der Waals surface area contributed by atoms with Gasteiger partial charge in [-0.15, -0.1) is 11.6 Å². The Balaban J connectivity index is 3.09. The van der Waals surface area contributed by atoms with E-state index in [1.807, 2.05) is 13.8 Å². The first-order chi connectivity index (χ1) is 6.87. The predicted molar refractivity (Wildman–Crippen MR) is 66.1 cm³/mol. The van der Waals surface area contributed by atoms with Crippen LogP contribution in [-0.4, -0.2) is 11.5 Å². The summed E-state index contributed by atoms with van der Waals surface area (Å²) in [7, 11) is 0. The molecule has 0 aromatic heterocycles. The summed E-state index contributed by atoms with van der Waals surface area (Å²) < 4.78 is 5.96. The van der Waals surface area contributed by atoms with Crippen molar-refractivity contribution in [3.8, 4) is 5.75 Å². The molecule has 2 heteroatoms. The van der Waals surface area contributed by atoms with Crippen molar-refractivity contribution in [3.05, 3.63) is 28.8 Å². The molecule has 1 nitrogen and oxygen atoms in total. The van der Waals surface area contributed by atoms with E-state index in [1.54, 1.807) is 0 Å². The zero-order valence-electron chi connectivity index (χ0n) is 10.1. The quantitative estimate of drug-likeness (QED) is 0.708. The van der Waals surface area contributed by atoms with E-state index in [0.717, 1.165) is 11.3 Å². The molecule has 15 heavy (non-hydrogen) atoms. The lowest BCUT2D eigenvalue weighted by Gasteiger charge is -2.26. The van der Waals surface area contributed by atoms with Gasteiger partial charge in [0.1, 0.15) is 11.4 Å². The highest BCUT2D eigenvalue weighted by Gasteiger charge is 2.20. The molecular weight excluding hydrogens is 208 g/mol. The molecule has 0 atom stereocenters. The first-order valence-electron chi connectivity index (χ1n) is 5.19. The van der Waals surface area contributed by atoms with Crippen LogP contribution in [0.3, 0.4) is 0 Å². The van der Waals surface area contributed by atoms with E-state index in [0.29, 0.717) is 5.88 Å². The summed E-state index contributed by atoms with van der Waals surface area (Å²) in [6.45, 7) is 10.2. The van der Waals surface area contributed by atoms with Gasteiger partial charge in [-0.25, -0.2) is 0 Å². The highest BCUT2D eigenvalue weighted by molar-refractivity contribution is 6.18. The second-order valence-corrected chi connectivity index (χ2v) is 4.92. The monoisotopic (exact) mass is 226 g/mol. The Hall–Kier alpha value is -0.690. The lowest BCUT2D eigenvalue weighted by Crippen LogP contribution is -2.30. The van der Waals surface area contributed by atoms with E-state index in [2.05, 4.69) is 32.9 Å². The number of benzene rings is 1. The highest BCUT2D eigenvalue weighted by atomic mass is 35.5. The number of hydrogen-bond donors (Lipinski definition) is 0. The summed E-state index contributed by atoms with van der Waals surface area (Å²) in [5, 5.41) is 0. The molecule has 0 saturated carbocycles. The highest BCUT2D eigenvalue weighted by Crippen LogP contribution is 2.29. The molecule has 1 rings (SSSR count). The maximum Gasteiger partial charge on any atom is 0.126 e. The molecule has 0 amide bonds. The van der Waals surface area contributed by atoms with Gasteiger partial charge in [0, 0.05) is 0 Å². The lowest BCUT2D eigenvalue weighted by atomic mass is 10.0. The molecule has 0 spiro atoms. The molecule has 0 bridgehead atoms. The molecule has 1 aromatic rings. The molecule has 84 valence electrons. The molecule has 0 N–H and O–H groups in total. The number of halogens is 1. The zero-order valence-corrected chi connectivity index (χ0v) is 10.9. The van der Waals surface area contributed by atoms with Crippen LogP contribution in [0, 0.1) is 20.8 Å². The van der Waals surface area contributed by atoms with Crippen molar-refractivity contribution in [2.45, 2.75) is 40.2 Å². The van der Waals surface area contributed by atoms with Crippen molar-refractivity contribution < 1.29 is 4.74 Å². The van der Waals surface area contributed by atoms with Gasteiger partial charge in [0.15, 0.2) is 0 Å². The maximum absolute atomic E-state index is 5.96. The fourth-order valence-electron chi connectivity index (χ4n) is 1.39. The Morgan fingerprint density at radius 1 is 1.13 bits per heavy atom. The summed E-state index contributed by atoms with van der Waals surface area (Å²) in [6, 6.07) is 4.20. The minimum atomic E-state index is -0.315. The standard InChI is InChI=1S/C13H19ClO/c1-9-6-7-10(2)12(11(9)3)15-13(4,5)8-14/h6-7H,8H2,1-5H3. The van der Waals surface area contributed by atoms with Crippen molar-refractivity contribution in [1.82, 2.24) is 0 Å².